The van der Waals surface area contributed by atoms with E-state index in [0.717, 1.165) is 10.5 Å². The first-order valence-electron chi connectivity index (χ1n) is 5.73. The summed E-state index contributed by atoms with van der Waals surface area (Å²) in [5, 5.41) is 2.21. The molecular weight excluding hydrogens is 224 g/mol. The van der Waals surface area contributed by atoms with Crippen LogP contribution in [-0.4, -0.2) is 25.2 Å². The van der Waals surface area contributed by atoms with Crippen molar-refractivity contribution in [2.45, 2.75) is 76.4 Å². The molecule has 0 aliphatic carbocycles. The van der Waals surface area contributed by atoms with Crippen LogP contribution in [0.5, 0.6) is 0 Å². The van der Waals surface area contributed by atoms with Gasteiger partial charge in [-0.25, -0.2) is 0 Å². The van der Waals surface area contributed by atoms with E-state index in [4.69, 9.17) is 0 Å². The van der Waals surface area contributed by atoms with Gasteiger partial charge in [-0.3, -0.25) is 4.21 Å². The van der Waals surface area contributed by atoms with Crippen LogP contribution in [0.4, 0.5) is 0 Å². The molecule has 0 atom stereocenters. The Morgan fingerprint density at radius 3 is 1.00 bits per heavy atom. The summed E-state index contributed by atoms with van der Waals surface area (Å²) < 4.78 is 11.0. The Balaban J connectivity index is 0. The van der Waals surface area contributed by atoms with Gasteiger partial charge in [0.25, 0.3) is 0 Å². The summed E-state index contributed by atoms with van der Waals surface area (Å²) in [6, 6.07) is 0. The van der Waals surface area contributed by atoms with Crippen LogP contribution in [0, 0.1) is 0 Å². The van der Waals surface area contributed by atoms with Gasteiger partial charge in [0.1, 0.15) is 0 Å². The highest BCUT2D eigenvalue weighted by molar-refractivity contribution is 8.00. The molecule has 0 spiro atoms. The van der Waals surface area contributed by atoms with Crippen molar-refractivity contribution in [3.05, 3.63) is 0 Å². The van der Waals surface area contributed by atoms with E-state index < -0.39 is 10.8 Å². The molecule has 15 heavy (non-hydrogen) atoms. The number of hydrogen-bond donors (Lipinski definition) is 0. The van der Waals surface area contributed by atoms with E-state index in [1.165, 1.54) is 0 Å². The Morgan fingerprint density at radius 2 is 1.00 bits per heavy atom. The molecule has 1 nitrogen and oxygen atoms in total. The lowest BCUT2D eigenvalue weighted by atomic mass is 10.5. The lowest BCUT2D eigenvalue weighted by Gasteiger charge is -2.06. The van der Waals surface area contributed by atoms with Crippen LogP contribution in [-0.2, 0) is 10.8 Å². The summed E-state index contributed by atoms with van der Waals surface area (Å²) in [6.45, 7) is 16.8. The monoisotopic (exact) mass is 252 g/mol. The van der Waals surface area contributed by atoms with Gasteiger partial charge in [-0.15, -0.1) is 0 Å². The van der Waals surface area contributed by atoms with Crippen LogP contribution in [0.15, 0.2) is 0 Å². The van der Waals surface area contributed by atoms with Crippen molar-refractivity contribution in [1.29, 1.82) is 0 Å². The van der Waals surface area contributed by atoms with E-state index in [1.54, 1.807) is 0 Å². The normalized spacial score (nSPS) is 11.5. The van der Waals surface area contributed by atoms with Crippen LogP contribution in [0.25, 0.3) is 0 Å². The Hall–Kier alpha value is 0.500. The maximum atomic E-state index is 11.0. The van der Waals surface area contributed by atoms with Gasteiger partial charge in [0.2, 0.25) is 0 Å². The maximum absolute atomic E-state index is 11.0. The first-order valence-corrected chi connectivity index (χ1v) is 7.95. The van der Waals surface area contributed by atoms with E-state index in [0.29, 0.717) is 10.5 Å². The number of rotatable bonds is 4. The highest BCUT2D eigenvalue weighted by Gasteiger charge is 2.07. The van der Waals surface area contributed by atoms with Crippen molar-refractivity contribution in [1.82, 2.24) is 0 Å². The zero-order chi connectivity index (χ0) is 12.6. The van der Waals surface area contributed by atoms with Crippen molar-refractivity contribution < 1.29 is 4.21 Å². The highest BCUT2D eigenvalue weighted by atomic mass is 32.2. The molecule has 0 saturated heterocycles. The Morgan fingerprint density at radius 1 is 0.733 bits per heavy atom. The lowest BCUT2D eigenvalue weighted by molar-refractivity contribution is 0.670. The van der Waals surface area contributed by atoms with Crippen LogP contribution in [0.1, 0.15) is 55.4 Å². The predicted octanol–water partition coefficient (Wildman–Crippen LogP) is 4.09. The fraction of sp³-hybridized carbons (Fsp3) is 1.00. The minimum Gasteiger partial charge on any atom is -0.259 e. The number of thioether (sulfide) groups is 1. The molecule has 0 aromatic carbocycles. The lowest BCUT2D eigenvalue weighted by Crippen LogP contribution is -2.15. The number of hydrogen-bond acceptors (Lipinski definition) is 2. The largest absolute Gasteiger partial charge is 0.259 e. The molecule has 0 rings (SSSR count). The predicted molar refractivity (Wildman–Crippen MR) is 76.3 cm³/mol. The van der Waals surface area contributed by atoms with Gasteiger partial charge in [-0.1, -0.05) is 55.4 Å². The van der Waals surface area contributed by atoms with Crippen LogP contribution in [0.2, 0.25) is 0 Å². The Labute approximate surface area is 103 Å². The molecule has 0 radical (unpaired) electrons. The van der Waals surface area contributed by atoms with Crippen LogP contribution in [0.3, 0.4) is 0 Å². The Kier molecular flexibility index (Phi) is 11.6. The third-order valence-electron chi connectivity index (χ3n) is 1.47. The van der Waals surface area contributed by atoms with Gasteiger partial charge < -0.3 is 0 Å². The van der Waals surface area contributed by atoms with E-state index in [1.807, 2.05) is 39.5 Å². The Bertz CT molecular complexity index is 147. The molecule has 0 aliphatic heterocycles. The molecule has 0 aliphatic rings. The third kappa shape index (κ3) is 14.5. The molecule has 0 amide bonds. The molecular formula is C12H28OS2. The smallest absolute Gasteiger partial charge is 0.0294 e. The topological polar surface area (TPSA) is 17.1 Å². The SMILES string of the molecule is CC(C)S(=O)C(C)C.CC(C)SC(C)C. The zero-order valence-electron chi connectivity index (χ0n) is 11.5. The summed E-state index contributed by atoms with van der Waals surface area (Å²) in [4.78, 5) is 0. The first-order chi connectivity index (χ1) is 6.68. The van der Waals surface area contributed by atoms with E-state index >= 15 is 0 Å². The molecule has 0 aromatic heterocycles. The second-order valence-corrected chi connectivity index (χ2v) is 9.36. The summed E-state index contributed by atoms with van der Waals surface area (Å²) in [6.07, 6.45) is 0. The molecule has 0 saturated carbocycles. The van der Waals surface area contributed by atoms with Crippen molar-refractivity contribution in [3.63, 3.8) is 0 Å². The van der Waals surface area contributed by atoms with Gasteiger partial charge >= 0.3 is 0 Å². The first kappa shape index (κ1) is 17.9. The van der Waals surface area contributed by atoms with Gasteiger partial charge in [-0.05, 0) is 10.5 Å². The molecule has 0 unspecified atom stereocenters. The van der Waals surface area contributed by atoms with E-state index in [-0.39, 0.29) is 0 Å². The highest BCUT2D eigenvalue weighted by Crippen LogP contribution is 2.14. The van der Waals surface area contributed by atoms with Gasteiger partial charge in [-0.2, -0.15) is 11.8 Å². The summed E-state index contributed by atoms with van der Waals surface area (Å²) in [7, 11) is -0.623. The second kappa shape index (κ2) is 9.71. The molecule has 0 bridgehead atoms. The zero-order valence-corrected chi connectivity index (χ0v) is 13.2. The van der Waals surface area contributed by atoms with E-state index in [9.17, 15) is 4.21 Å². The summed E-state index contributed by atoms with van der Waals surface area (Å²) in [5.74, 6) is 0. The molecule has 94 valence electrons. The van der Waals surface area contributed by atoms with E-state index in [2.05, 4.69) is 27.7 Å². The molecule has 0 fully saturated rings. The molecule has 0 aromatic rings. The molecule has 3 heteroatoms. The van der Waals surface area contributed by atoms with Crippen molar-refractivity contribution in [2.75, 3.05) is 0 Å². The quantitative estimate of drug-likeness (QED) is 0.749. The van der Waals surface area contributed by atoms with Crippen molar-refractivity contribution >= 4 is 22.6 Å². The minimum absolute atomic E-state index is 0.315. The summed E-state index contributed by atoms with van der Waals surface area (Å²) in [5.41, 5.74) is 0. The summed E-state index contributed by atoms with van der Waals surface area (Å²) >= 11 is 2.01. The van der Waals surface area contributed by atoms with Crippen molar-refractivity contribution in [3.8, 4) is 0 Å². The van der Waals surface area contributed by atoms with Gasteiger partial charge in [0.05, 0.1) is 0 Å². The average molecular weight is 252 g/mol. The minimum atomic E-state index is -0.623. The van der Waals surface area contributed by atoms with Crippen molar-refractivity contribution in [2.24, 2.45) is 0 Å². The second-order valence-electron chi connectivity index (χ2n) is 4.66. The van der Waals surface area contributed by atoms with Crippen LogP contribution < -0.4 is 0 Å². The van der Waals surface area contributed by atoms with Gasteiger partial charge in [0.15, 0.2) is 0 Å². The standard InChI is InChI=1S/C6H14OS.C6H14S/c1-5(2)8(7)6(3)4;1-5(2)7-6(3)4/h5-6H,1-4H3;5-6H,1-4H3. The molecule has 0 N–H and O–H groups in total. The molecule has 0 heterocycles. The third-order valence-corrected chi connectivity index (χ3v) is 4.42. The average Bonchev–Trinajstić information content (AvgIpc) is 2.00. The van der Waals surface area contributed by atoms with Gasteiger partial charge in [0, 0.05) is 21.3 Å². The fourth-order valence-corrected chi connectivity index (χ4v) is 3.27. The van der Waals surface area contributed by atoms with Crippen LogP contribution >= 0.6 is 11.8 Å². The maximum Gasteiger partial charge on any atom is 0.0294 e. The fourth-order valence-electron chi connectivity index (χ4n) is 1.09.